The molecule has 0 amide bonds. The van der Waals surface area contributed by atoms with Gasteiger partial charge in [0, 0.05) is 29.7 Å². The Balaban J connectivity index is 1.71. The molecule has 0 heterocycles. The van der Waals surface area contributed by atoms with Crippen molar-refractivity contribution in [3.8, 4) is 5.75 Å². The minimum atomic E-state index is -5.00. The molecule has 0 aliphatic rings. The molecule has 5 aromatic rings. The summed E-state index contributed by atoms with van der Waals surface area (Å²) in [6.07, 6.45) is 0. The van der Waals surface area contributed by atoms with Crippen LogP contribution in [0, 0.1) is 20.2 Å². The van der Waals surface area contributed by atoms with Crippen LogP contribution in [0.5, 0.6) is 5.75 Å². The SMILES string of the molecule is Nc1cc(N=Nc2cc(=NNc3cc(S(=O)(=O)O)cc4cc(S(=O)(=O)O)cc(O)c34)c(=O)c(=NNc3ccc([N+](=O)[O-])c(N)c3)c2=O)ccc1[N+](=O)[O-]. The number of nitro benzene ring substituents is 2. The summed E-state index contributed by atoms with van der Waals surface area (Å²) in [6.45, 7) is 0. The zero-order chi connectivity index (χ0) is 39.0. The number of phenolic OH excluding ortho intramolecular Hbond substituents is 1. The molecule has 0 aromatic heterocycles. The molecule has 25 heteroatoms. The topological polar surface area (TPSA) is 375 Å². The van der Waals surface area contributed by atoms with E-state index in [2.05, 4.69) is 31.3 Å². The van der Waals surface area contributed by atoms with E-state index in [0.717, 1.165) is 60.7 Å². The molecule has 0 unspecified atom stereocenters. The van der Waals surface area contributed by atoms with Crippen LogP contribution in [0.4, 0.5) is 45.5 Å². The number of nitrogens with zero attached hydrogens (tertiary/aromatic N) is 6. The van der Waals surface area contributed by atoms with Gasteiger partial charge in [0.2, 0.25) is 10.9 Å². The Hall–Kier alpha value is -7.22. The maximum absolute atomic E-state index is 13.5. The number of rotatable bonds is 10. The van der Waals surface area contributed by atoms with E-state index in [1.165, 1.54) is 0 Å². The van der Waals surface area contributed by atoms with E-state index < -0.39 is 89.9 Å². The summed E-state index contributed by atoms with van der Waals surface area (Å²) in [5.74, 6) is -0.828. The minimum Gasteiger partial charge on any atom is -0.507 e. The monoisotopic (exact) mass is 768 g/mol. The van der Waals surface area contributed by atoms with Crippen LogP contribution >= 0.6 is 0 Å². The standard InChI is InChI=1S/C28H20N10O13S2/c29-17-7-13(1-3-22(17)37(42)43)31-34-20-11-21(28(41)26(27(20)40)36-32-14-2-4-23(38(44)45)18(30)8-14)35-33-19-9-15(52(46,47)48)5-12-6-16(53(49,50)51)10-24(39)25(12)19/h1-11,32-33,39H,29-30H2,(H,46,47,48)(H,49,50,51). The fourth-order valence-electron chi connectivity index (χ4n) is 4.60. The van der Waals surface area contributed by atoms with Crippen molar-refractivity contribution in [2.75, 3.05) is 22.3 Å². The second kappa shape index (κ2) is 13.8. The Labute approximate surface area is 293 Å². The van der Waals surface area contributed by atoms with Crippen molar-refractivity contribution >= 4 is 76.5 Å². The van der Waals surface area contributed by atoms with Crippen LogP contribution < -0.4 is 43.9 Å². The maximum Gasteiger partial charge on any atom is 0.294 e. The zero-order valence-electron chi connectivity index (χ0n) is 25.9. The molecule has 0 aliphatic heterocycles. The minimum absolute atomic E-state index is 0.00914. The van der Waals surface area contributed by atoms with Gasteiger partial charge in [-0.05, 0) is 47.9 Å². The van der Waals surface area contributed by atoms with Gasteiger partial charge >= 0.3 is 0 Å². The van der Waals surface area contributed by atoms with Crippen LogP contribution in [-0.4, -0.2) is 40.9 Å². The molecule has 9 N–H and O–H groups in total. The molecule has 0 radical (unpaired) electrons. The average molecular weight is 769 g/mol. The lowest BCUT2D eigenvalue weighted by Crippen LogP contribution is -2.48. The molecule has 272 valence electrons. The van der Waals surface area contributed by atoms with Gasteiger partial charge in [-0.3, -0.25) is 49.8 Å². The molecule has 0 fully saturated rings. The lowest BCUT2D eigenvalue weighted by atomic mass is 10.1. The van der Waals surface area contributed by atoms with Gasteiger partial charge in [-0.2, -0.15) is 32.2 Å². The number of nitrogens with one attached hydrogen (secondary N) is 2. The first-order chi connectivity index (χ1) is 24.7. The van der Waals surface area contributed by atoms with Crippen molar-refractivity contribution in [3.63, 3.8) is 0 Å². The third kappa shape index (κ3) is 7.91. The van der Waals surface area contributed by atoms with Gasteiger partial charge in [0.1, 0.15) is 28.2 Å². The maximum atomic E-state index is 13.5. The highest BCUT2D eigenvalue weighted by Gasteiger charge is 2.20. The van der Waals surface area contributed by atoms with E-state index in [1.807, 2.05) is 0 Å². The number of nitrogens with two attached hydrogens (primary N) is 2. The third-order valence-electron chi connectivity index (χ3n) is 7.04. The van der Waals surface area contributed by atoms with Crippen molar-refractivity contribution in [2.24, 2.45) is 20.4 Å². The summed E-state index contributed by atoms with van der Waals surface area (Å²) in [5, 5.41) is 46.0. The predicted octanol–water partition coefficient (Wildman–Crippen LogP) is 1.89. The van der Waals surface area contributed by atoms with Gasteiger partial charge < -0.3 is 16.6 Å². The number of aromatic hydroxyl groups is 1. The molecular formula is C28H20N10O13S2. The molecule has 5 aromatic carbocycles. The van der Waals surface area contributed by atoms with Crippen molar-refractivity contribution in [1.29, 1.82) is 0 Å². The summed E-state index contributed by atoms with van der Waals surface area (Å²) >= 11 is 0. The zero-order valence-corrected chi connectivity index (χ0v) is 27.6. The number of hydrogen-bond donors (Lipinski definition) is 7. The number of anilines is 4. The van der Waals surface area contributed by atoms with E-state index in [4.69, 9.17) is 11.5 Å². The summed E-state index contributed by atoms with van der Waals surface area (Å²) < 4.78 is 66.7. The Bertz CT molecular complexity index is 2890. The highest BCUT2D eigenvalue weighted by molar-refractivity contribution is 7.86. The molecule has 5 rings (SSSR count). The van der Waals surface area contributed by atoms with E-state index in [9.17, 15) is 60.9 Å². The van der Waals surface area contributed by atoms with Crippen LogP contribution in [-0.2, 0) is 20.2 Å². The fraction of sp³-hybridized carbons (Fsp3) is 0. The van der Waals surface area contributed by atoms with Crippen LogP contribution in [0.3, 0.4) is 0 Å². The van der Waals surface area contributed by atoms with Gasteiger partial charge in [-0.25, -0.2) is 0 Å². The average Bonchev–Trinajstić information content (AvgIpc) is 3.05. The number of nitro groups is 2. The van der Waals surface area contributed by atoms with Gasteiger partial charge in [-0.15, -0.1) is 5.11 Å². The normalized spacial score (nSPS) is 12.7. The van der Waals surface area contributed by atoms with E-state index in [1.54, 1.807) is 0 Å². The van der Waals surface area contributed by atoms with Crippen LogP contribution in [0.1, 0.15) is 0 Å². The summed E-state index contributed by atoms with van der Waals surface area (Å²) in [5.41, 5.74) is 11.1. The summed E-state index contributed by atoms with van der Waals surface area (Å²) in [6, 6.07) is 10.2. The second-order valence-electron chi connectivity index (χ2n) is 10.6. The molecule has 0 saturated heterocycles. The highest BCUT2D eigenvalue weighted by Crippen LogP contribution is 2.36. The Kier molecular flexibility index (Phi) is 9.67. The van der Waals surface area contributed by atoms with Crippen molar-refractivity contribution in [2.45, 2.75) is 9.79 Å². The Morgan fingerprint density at radius 1 is 0.698 bits per heavy atom. The molecule has 0 aliphatic carbocycles. The Morgan fingerprint density at radius 3 is 1.85 bits per heavy atom. The van der Waals surface area contributed by atoms with Crippen LogP contribution in [0.15, 0.2) is 107 Å². The Morgan fingerprint density at radius 2 is 1.28 bits per heavy atom. The number of azo groups is 1. The van der Waals surface area contributed by atoms with E-state index in [-0.39, 0.29) is 33.5 Å². The first-order valence-electron chi connectivity index (χ1n) is 14.0. The van der Waals surface area contributed by atoms with Crippen LogP contribution in [0.25, 0.3) is 10.8 Å². The van der Waals surface area contributed by atoms with Crippen LogP contribution in [0.2, 0.25) is 0 Å². The van der Waals surface area contributed by atoms with E-state index >= 15 is 0 Å². The number of benzene rings is 5. The smallest absolute Gasteiger partial charge is 0.294 e. The lowest BCUT2D eigenvalue weighted by molar-refractivity contribution is -0.384. The van der Waals surface area contributed by atoms with Gasteiger partial charge in [0.15, 0.2) is 5.36 Å². The molecular weight excluding hydrogens is 748 g/mol. The van der Waals surface area contributed by atoms with Gasteiger partial charge in [-0.1, -0.05) is 0 Å². The predicted molar refractivity (Wildman–Crippen MR) is 184 cm³/mol. The van der Waals surface area contributed by atoms with Crippen molar-refractivity contribution < 1.29 is 40.9 Å². The lowest BCUT2D eigenvalue weighted by Gasteiger charge is -2.11. The second-order valence-corrected chi connectivity index (χ2v) is 13.4. The first kappa shape index (κ1) is 37.0. The number of fused-ring (bicyclic) bond motifs is 1. The van der Waals surface area contributed by atoms with Gasteiger partial charge in [0.25, 0.3) is 31.6 Å². The number of nitrogen functional groups attached to an aromatic ring is 2. The van der Waals surface area contributed by atoms with E-state index in [0.29, 0.717) is 6.07 Å². The van der Waals surface area contributed by atoms with Crippen molar-refractivity contribution in [1.82, 2.24) is 0 Å². The quantitative estimate of drug-likeness (QED) is 0.0350. The molecule has 23 nitrogen and oxygen atoms in total. The summed E-state index contributed by atoms with van der Waals surface area (Å²) in [4.78, 5) is 45.9. The third-order valence-corrected chi connectivity index (χ3v) is 8.70. The van der Waals surface area contributed by atoms with Crippen molar-refractivity contribution in [3.05, 3.63) is 118 Å². The largest absolute Gasteiger partial charge is 0.507 e. The molecule has 0 bridgehead atoms. The highest BCUT2D eigenvalue weighted by atomic mass is 32.2. The first-order valence-corrected chi connectivity index (χ1v) is 16.9. The fourth-order valence-corrected chi connectivity index (χ4v) is 5.68. The molecule has 0 atom stereocenters. The summed E-state index contributed by atoms with van der Waals surface area (Å²) in [7, 11) is -9.91. The molecule has 0 spiro atoms. The molecule has 53 heavy (non-hydrogen) atoms. The molecule has 0 saturated carbocycles. The number of hydrogen-bond acceptors (Lipinski definition) is 19. The van der Waals surface area contributed by atoms with Gasteiger partial charge in [0.05, 0.1) is 36.7 Å². The number of phenols is 1.